The van der Waals surface area contributed by atoms with Crippen LogP contribution in [0, 0.1) is 0 Å². The van der Waals surface area contributed by atoms with Crippen LogP contribution in [-0.2, 0) is 4.79 Å². The van der Waals surface area contributed by atoms with Gasteiger partial charge >= 0.3 is 0 Å². The highest BCUT2D eigenvalue weighted by atomic mass is 35.5. The monoisotopic (exact) mass is 376 g/mol. The van der Waals surface area contributed by atoms with Gasteiger partial charge in [0, 0.05) is 23.3 Å². The third-order valence-corrected chi connectivity index (χ3v) is 3.92. The van der Waals surface area contributed by atoms with Crippen molar-refractivity contribution in [1.29, 1.82) is 0 Å². The number of aliphatic hydroxyl groups excluding tert-OH is 1. The van der Waals surface area contributed by atoms with E-state index >= 15 is 0 Å². The number of benzene rings is 2. The van der Waals surface area contributed by atoms with Crippen LogP contribution in [0.15, 0.2) is 59.1 Å². The highest BCUT2D eigenvalue weighted by Gasteiger charge is 2.16. The predicted octanol–water partition coefficient (Wildman–Crippen LogP) is 5.19. The van der Waals surface area contributed by atoms with Crippen LogP contribution in [0.3, 0.4) is 0 Å². The summed E-state index contributed by atoms with van der Waals surface area (Å²) in [6.45, 7) is 2.44. The van der Waals surface area contributed by atoms with Gasteiger partial charge in [0.15, 0.2) is 0 Å². The first kappa shape index (κ1) is 19.0. The summed E-state index contributed by atoms with van der Waals surface area (Å²) < 4.78 is 0. The molecule has 1 amide bonds. The number of rotatable bonds is 6. The molecule has 2 aromatic carbocycles. The Bertz CT molecular complexity index is 799. The van der Waals surface area contributed by atoms with Crippen molar-refractivity contribution in [2.24, 2.45) is 4.99 Å². The van der Waals surface area contributed by atoms with Gasteiger partial charge in [-0.2, -0.15) is 0 Å². The molecule has 25 heavy (non-hydrogen) atoms. The Morgan fingerprint density at radius 2 is 1.84 bits per heavy atom. The van der Waals surface area contributed by atoms with Crippen LogP contribution in [0.1, 0.15) is 18.9 Å². The molecule has 130 valence electrons. The van der Waals surface area contributed by atoms with E-state index in [2.05, 4.69) is 10.3 Å². The molecule has 0 aromatic heterocycles. The van der Waals surface area contributed by atoms with Crippen LogP contribution in [0.2, 0.25) is 10.0 Å². The zero-order chi connectivity index (χ0) is 18.2. The van der Waals surface area contributed by atoms with Gasteiger partial charge in [0.05, 0.1) is 16.3 Å². The van der Waals surface area contributed by atoms with Gasteiger partial charge in [-0.25, -0.2) is 0 Å². The minimum atomic E-state index is -0.419. The quantitative estimate of drug-likeness (QED) is 0.413. The second-order valence-electron chi connectivity index (χ2n) is 5.23. The van der Waals surface area contributed by atoms with Crippen molar-refractivity contribution in [3.05, 3.63) is 69.7 Å². The largest absolute Gasteiger partial charge is 0.506 e. The van der Waals surface area contributed by atoms with Crippen molar-refractivity contribution in [2.45, 2.75) is 13.3 Å². The van der Waals surface area contributed by atoms with E-state index in [1.165, 1.54) is 6.21 Å². The number of amides is 1. The van der Waals surface area contributed by atoms with Gasteiger partial charge in [-0.1, -0.05) is 42.3 Å². The van der Waals surface area contributed by atoms with Crippen molar-refractivity contribution >= 4 is 46.8 Å². The number of hydrogen-bond donors (Lipinski definition) is 2. The second kappa shape index (κ2) is 9.25. The fourth-order valence-electron chi connectivity index (χ4n) is 2.03. The third-order valence-electron chi connectivity index (χ3n) is 3.33. The van der Waals surface area contributed by atoms with Gasteiger partial charge in [-0.3, -0.25) is 9.79 Å². The summed E-state index contributed by atoms with van der Waals surface area (Å²) in [5.41, 5.74) is 1.02. The number of halogens is 2. The number of hydrogen-bond acceptors (Lipinski definition) is 3. The molecule has 0 heterocycles. The van der Waals surface area contributed by atoms with E-state index in [0.717, 1.165) is 6.42 Å². The third kappa shape index (κ3) is 5.34. The molecule has 0 radical (unpaired) electrons. The molecule has 0 atom stereocenters. The van der Waals surface area contributed by atoms with Gasteiger partial charge < -0.3 is 10.4 Å². The minimum absolute atomic E-state index is 0.0384. The summed E-state index contributed by atoms with van der Waals surface area (Å²) in [5, 5.41) is 14.3. The number of carbonyl (C=O) groups excluding carboxylic acids is 1. The predicted molar refractivity (Wildman–Crippen MR) is 104 cm³/mol. The van der Waals surface area contributed by atoms with E-state index in [9.17, 15) is 9.90 Å². The second-order valence-corrected chi connectivity index (χ2v) is 6.08. The fourth-order valence-corrected chi connectivity index (χ4v) is 2.38. The van der Waals surface area contributed by atoms with Crippen LogP contribution in [0.25, 0.3) is 5.76 Å². The molecular weight excluding hydrogens is 359 g/mol. The Morgan fingerprint density at radius 3 is 2.48 bits per heavy atom. The van der Waals surface area contributed by atoms with Gasteiger partial charge in [0.1, 0.15) is 5.76 Å². The van der Waals surface area contributed by atoms with Crippen LogP contribution in [0.5, 0.6) is 0 Å². The van der Waals surface area contributed by atoms with Gasteiger partial charge in [-0.05, 0) is 42.8 Å². The minimum Gasteiger partial charge on any atom is -0.506 e. The highest BCUT2D eigenvalue weighted by Crippen LogP contribution is 2.24. The van der Waals surface area contributed by atoms with Gasteiger partial charge in [0.2, 0.25) is 0 Å². The Balaban J connectivity index is 2.42. The van der Waals surface area contributed by atoms with Gasteiger partial charge in [0.25, 0.3) is 5.91 Å². The molecule has 0 aliphatic heterocycles. The van der Waals surface area contributed by atoms with Crippen molar-refractivity contribution in [2.75, 3.05) is 6.54 Å². The smallest absolute Gasteiger partial charge is 0.256 e. The molecule has 2 rings (SSSR count). The lowest BCUT2D eigenvalue weighted by atomic mass is 10.1. The summed E-state index contributed by atoms with van der Waals surface area (Å²) in [6.07, 6.45) is 2.10. The first-order valence-electron chi connectivity index (χ1n) is 7.79. The summed E-state index contributed by atoms with van der Waals surface area (Å²) in [5.74, 6) is -0.645. The molecule has 0 spiro atoms. The zero-order valence-corrected chi connectivity index (χ0v) is 15.2. The van der Waals surface area contributed by atoms with Crippen LogP contribution in [0.4, 0.5) is 5.69 Å². The van der Waals surface area contributed by atoms with E-state index in [4.69, 9.17) is 23.2 Å². The van der Waals surface area contributed by atoms with Crippen LogP contribution < -0.4 is 5.32 Å². The van der Waals surface area contributed by atoms with E-state index < -0.39 is 5.91 Å². The lowest BCUT2D eigenvalue weighted by molar-refractivity contribution is -0.116. The molecule has 2 N–H and O–H groups in total. The summed E-state index contributed by atoms with van der Waals surface area (Å²) in [7, 11) is 0. The average molecular weight is 377 g/mol. The Kier molecular flexibility index (Phi) is 7.04. The lowest BCUT2D eigenvalue weighted by Crippen LogP contribution is -2.27. The molecule has 0 aliphatic carbocycles. The fraction of sp³-hybridized carbons (Fsp3) is 0.158. The van der Waals surface area contributed by atoms with E-state index in [-0.39, 0.29) is 11.3 Å². The van der Waals surface area contributed by atoms with E-state index in [1.54, 1.807) is 48.5 Å². The number of aliphatic hydroxyl groups is 1. The lowest BCUT2D eigenvalue weighted by Gasteiger charge is -2.09. The first-order valence-corrected chi connectivity index (χ1v) is 8.54. The van der Waals surface area contributed by atoms with E-state index in [1.807, 2.05) is 6.92 Å². The SMILES string of the molecule is CCCNC(=O)/C(C=Nc1ccc(Cl)cc1)=C(\O)c1ccccc1Cl. The standard InChI is InChI=1S/C19H18Cl2N2O2/c1-2-11-22-19(25)16(12-23-14-9-7-13(20)8-10-14)18(24)15-5-3-4-6-17(15)21/h3-10,12,24H,2,11H2,1H3,(H,22,25)/b18-16-,23-12?. The normalized spacial score (nSPS) is 12.1. The molecule has 0 unspecified atom stereocenters. The maximum Gasteiger partial charge on any atom is 0.256 e. The van der Waals surface area contributed by atoms with Crippen LogP contribution >= 0.6 is 23.2 Å². The molecule has 0 saturated carbocycles. The molecule has 0 aliphatic rings. The van der Waals surface area contributed by atoms with Crippen molar-refractivity contribution in [3.63, 3.8) is 0 Å². The molecule has 0 fully saturated rings. The Hall–Kier alpha value is -2.30. The maximum absolute atomic E-state index is 12.4. The van der Waals surface area contributed by atoms with Crippen molar-refractivity contribution < 1.29 is 9.90 Å². The maximum atomic E-state index is 12.4. The zero-order valence-electron chi connectivity index (χ0n) is 13.7. The molecule has 6 heteroatoms. The average Bonchev–Trinajstić information content (AvgIpc) is 2.61. The number of nitrogens with one attached hydrogen (secondary N) is 1. The van der Waals surface area contributed by atoms with Crippen molar-refractivity contribution in [1.82, 2.24) is 5.32 Å². The molecule has 2 aromatic rings. The van der Waals surface area contributed by atoms with E-state index in [0.29, 0.717) is 27.8 Å². The van der Waals surface area contributed by atoms with Gasteiger partial charge in [-0.15, -0.1) is 0 Å². The Labute approximate surface area is 156 Å². The topological polar surface area (TPSA) is 61.7 Å². The summed E-state index contributed by atoms with van der Waals surface area (Å²) >= 11 is 12.0. The summed E-state index contributed by atoms with van der Waals surface area (Å²) in [6, 6.07) is 13.6. The Morgan fingerprint density at radius 1 is 1.16 bits per heavy atom. The molecular formula is C19H18Cl2N2O2. The number of aliphatic imine (C=N–C) groups is 1. The number of carbonyl (C=O) groups is 1. The first-order chi connectivity index (χ1) is 12.0. The van der Waals surface area contributed by atoms with Crippen molar-refractivity contribution in [3.8, 4) is 0 Å². The highest BCUT2D eigenvalue weighted by molar-refractivity contribution is 6.33. The van der Waals surface area contributed by atoms with Crippen LogP contribution in [-0.4, -0.2) is 23.8 Å². The molecule has 4 nitrogen and oxygen atoms in total. The number of nitrogens with zero attached hydrogens (tertiary/aromatic N) is 1. The molecule has 0 bridgehead atoms. The summed E-state index contributed by atoms with van der Waals surface area (Å²) in [4.78, 5) is 16.7. The molecule has 0 saturated heterocycles.